The molecule has 24 heavy (non-hydrogen) atoms. The monoisotopic (exact) mass is 327 g/mol. The summed E-state index contributed by atoms with van der Waals surface area (Å²) in [6.07, 6.45) is 0.870. The first-order chi connectivity index (χ1) is 11.7. The molecule has 1 aliphatic rings. The lowest BCUT2D eigenvalue weighted by atomic mass is 9.91. The van der Waals surface area contributed by atoms with Crippen LogP contribution < -0.4 is 19.9 Å². The molecule has 4 nitrogen and oxygen atoms in total. The summed E-state index contributed by atoms with van der Waals surface area (Å²) in [6, 6.07) is 14.4. The maximum atomic E-state index is 6.03. The van der Waals surface area contributed by atoms with E-state index in [1.807, 2.05) is 24.3 Å². The third-order valence-corrected chi connectivity index (χ3v) is 4.12. The highest BCUT2D eigenvalue weighted by molar-refractivity contribution is 5.46. The fourth-order valence-corrected chi connectivity index (χ4v) is 2.81. The highest BCUT2D eigenvalue weighted by Gasteiger charge is 2.18. The average Bonchev–Trinajstić information content (AvgIpc) is 3.06. The van der Waals surface area contributed by atoms with Crippen LogP contribution in [0.4, 0.5) is 0 Å². The Morgan fingerprint density at radius 2 is 1.92 bits per heavy atom. The molecule has 0 bridgehead atoms. The number of hydrogen-bond acceptors (Lipinski definition) is 4. The smallest absolute Gasteiger partial charge is 0.231 e. The van der Waals surface area contributed by atoms with Crippen LogP contribution in [0, 0.1) is 5.92 Å². The molecule has 0 aliphatic carbocycles. The fraction of sp³-hybridized carbons (Fsp3) is 0.400. The van der Waals surface area contributed by atoms with Gasteiger partial charge in [-0.3, -0.25) is 0 Å². The van der Waals surface area contributed by atoms with Crippen molar-refractivity contribution in [2.45, 2.75) is 26.2 Å². The number of fused-ring (bicyclic) bond motifs is 1. The Hall–Kier alpha value is -2.20. The quantitative estimate of drug-likeness (QED) is 0.842. The topological polar surface area (TPSA) is 53.7 Å². The molecule has 2 aromatic carbocycles. The zero-order valence-corrected chi connectivity index (χ0v) is 14.3. The fourth-order valence-electron chi connectivity index (χ4n) is 2.81. The molecular formula is C20H25NO3. The van der Waals surface area contributed by atoms with Crippen LogP contribution in [-0.4, -0.2) is 19.9 Å². The van der Waals surface area contributed by atoms with Crippen LogP contribution in [0.15, 0.2) is 42.5 Å². The van der Waals surface area contributed by atoms with Crippen molar-refractivity contribution < 1.29 is 14.2 Å². The first-order valence-corrected chi connectivity index (χ1v) is 8.47. The van der Waals surface area contributed by atoms with E-state index in [1.165, 1.54) is 11.1 Å². The average molecular weight is 327 g/mol. The van der Waals surface area contributed by atoms with Crippen molar-refractivity contribution in [3.05, 3.63) is 53.6 Å². The van der Waals surface area contributed by atoms with Gasteiger partial charge in [-0.15, -0.1) is 0 Å². The van der Waals surface area contributed by atoms with E-state index in [9.17, 15) is 0 Å². The molecule has 1 unspecified atom stereocenters. The van der Waals surface area contributed by atoms with E-state index < -0.39 is 0 Å². The van der Waals surface area contributed by atoms with E-state index in [-0.39, 0.29) is 5.92 Å². The van der Waals surface area contributed by atoms with Gasteiger partial charge in [-0.05, 0) is 54.3 Å². The predicted octanol–water partition coefficient (Wildman–Crippen LogP) is 3.74. The van der Waals surface area contributed by atoms with Crippen LogP contribution in [0.3, 0.4) is 0 Å². The Kier molecular flexibility index (Phi) is 5.26. The normalized spacial score (nSPS) is 14.0. The Labute approximate surface area is 143 Å². The molecule has 0 aromatic heterocycles. The predicted molar refractivity (Wildman–Crippen MR) is 94.8 cm³/mol. The molecule has 0 spiro atoms. The number of benzene rings is 2. The van der Waals surface area contributed by atoms with Crippen LogP contribution >= 0.6 is 0 Å². The summed E-state index contributed by atoms with van der Waals surface area (Å²) in [6.45, 7) is 5.89. The van der Waals surface area contributed by atoms with Gasteiger partial charge in [0.1, 0.15) is 5.75 Å². The van der Waals surface area contributed by atoms with E-state index >= 15 is 0 Å². The standard InChI is InChI=1S/C20H25NO3/c1-14(2)12-22-18-5-3-4-15(9-18)8-17(11-21)16-6-7-19-20(10-16)24-13-23-19/h3-7,9-10,14,17H,8,11-13,21H2,1-2H3. The van der Waals surface area contributed by atoms with Crippen LogP contribution in [0.5, 0.6) is 17.2 Å². The molecule has 1 aliphatic heterocycles. The number of rotatable bonds is 7. The summed E-state index contributed by atoms with van der Waals surface area (Å²) < 4.78 is 16.7. The van der Waals surface area contributed by atoms with E-state index in [1.54, 1.807) is 0 Å². The van der Waals surface area contributed by atoms with Gasteiger partial charge in [0.05, 0.1) is 6.61 Å². The molecule has 0 radical (unpaired) electrons. The van der Waals surface area contributed by atoms with Crippen LogP contribution in [0.2, 0.25) is 0 Å². The van der Waals surface area contributed by atoms with Crippen molar-refractivity contribution >= 4 is 0 Å². The summed E-state index contributed by atoms with van der Waals surface area (Å²) >= 11 is 0. The first-order valence-electron chi connectivity index (χ1n) is 8.47. The Morgan fingerprint density at radius 3 is 2.71 bits per heavy atom. The molecule has 0 saturated heterocycles. The Bertz CT molecular complexity index is 684. The van der Waals surface area contributed by atoms with Crippen molar-refractivity contribution in [1.29, 1.82) is 0 Å². The summed E-state index contributed by atoms with van der Waals surface area (Å²) in [4.78, 5) is 0. The van der Waals surface area contributed by atoms with E-state index in [0.717, 1.165) is 30.3 Å². The summed E-state index contributed by atoms with van der Waals surface area (Å²) in [5.41, 5.74) is 8.43. The number of hydrogen-bond donors (Lipinski definition) is 1. The molecule has 0 saturated carbocycles. The number of ether oxygens (including phenoxy) is 3. The molecular weight excluding hydrogens is 302 g/mol. The molecule has 2 aromatic rings. The van der Waals surface area contributed by atoms with Gasteiger partial charge >= 0.3 is 0 Å². The Balaban J connectivity index is 1.72. The second-order valence-corrected chi connectivity index (χ2v) is 6.60. The van der Waals surface area contributed by atoms with Gasteiger partial charge in [0, 0.05) is 5.92 Å². The third-order valence-electron chi connectivity index (χ3n) is 4.12. The third kappa shape index (κ3) is 4.01. The van der Waals surface area contributed by atoms with Crippen molar-refractivity contribution in [1.82, 2.24) is 0 Å². The van der Waals surface area contributed by atoms with Gasteiger partial charge in [-0.25, -0.2) is 0 Å². The first kappa shape index (κ1) is 16.7. The zero-order valence-electron chi connectivity index (χ0n) is 14.3. The molecule has 128 valence electrons. The zero-order chi connectivity index (χ0) is 16.9. The van der Waals surface area contributed by atoms with E-state index in [4.69, 9.17) is 19.9 Å². The van der Waals surface area contributed by atoms with E-state index in [2.05, 4.69) is 32.0 Å². The Morgan fingerprint density at radius 1 is 1.08 bits per heavy atom. The summed E-state index contributed by atoms with van der Waals surface area (Å²) in [5, 5.41) is 0. The van der Waals surface area contributed by atoms with Gasteiger partial charge in [-0.1, -0.05) is 32.0 Å². The van der Waals surface area contributed by atoms with Crippen LogP contribution in [-0.2, 0) is 6.42 Å². The van der Waals surface area contributed by atoms with Gasteiger partial charge in [0.25, 0.3) is 0 Å². The van der Waals surface area contributed by atoms with Crippen molar-refractivity contribution in [3.8, 4) is 17.2 Å². The lowest BCUT2D eigenvalue weighted by Crippen LogP contribution is -2.15. The molecule has 0 amide bonds. The van der Waals surface area contributed by atoms with E-state index in [0.29, 0.717) is 19.3 Å². The highest BCUT2D eigenvalue weighted by Crippen LogP contribution is 2.35. The van der Waals surface area contributed by atoms with Crippen molar-refractivity contribution in [3.63, 3.8) is 0 Å². The summed E-state index contributed by atoms with van der Waals surface area (Å²) in [5.74, 6) is 3.28. The minimum Gasteiger partial charge on any atom is -0.493 e. The number of nitrogens with two attached hydrogens (primary N) is 1. The molecule has 1 atom stereocenters. The maximum absolute atomic E-state index is 6.03. The molecule has 2 N–H and O–H groups in total. The molecule has 0 fully saturated rings. The highest BCUT2D eigenvalue weighted by atomic mass is 16.7. The second-order valence-electron chi connectivity index (χ2n) is 6.60. The SMILES string of the molecule is CC(C)COc1cccc(CC(CN)c2ccc3c(c2)OCO3)c1. The molecule has 4 heteroatoms. The lowest BCUT2D eigenvalue weighted by molar-refractivity contribution is 0.174. The van der Waals surface area contributed by atoms with Gasteiger partial charge in [0.2, 0.25) is 6.79 Å². The second kappa shape index (κ2) is 7.58. The summed E-state index contributed by atoms with van der Waals surface area (Å²) in [7, 11) is 0. The van der Waals surface area contributed by atoms with Crippen LogP contribution in [0.25, 0.3) is 0 Å². The van der Waals surface area contributed by atoms with Gasteiger partial charge < -0.3 is 19.9 Å². The largest absolute Gasteiger partial charge is 0.493 e. The van der Waals surface area contributed by atoms with Gasteiger partial charge in [-0.2, -0.15) is 0 Å². The maximum Gasteiger partial charge on any atom is 0.231 e. The minimum absolute atomic E-state index is 0.236. The van der Waals surface area contributed by atoms with Crippen molar-refractivity contribution in [2.24, 2.45) is 11.7 Å². The minimum atomic E-state index is 0.236. The lowest BCUT2D eigenvalue weighted by Gasteiger charge is -2.17. The molecule has 3 rings (SSSR count). The van der Waals surface area contributed by atoms with Crippen molar-refractivity contribution in [2.75, 3.05) is 19.9 Å². The molecule has 1 heterocycles. The van der Waals surface area contributed by atoms with Gasteiger partial charge in [0.15, 0.2) is 11.5 Å². The van der Waals surface area contributed by atoms with Crippen LogP contribution in [0.1, 0.15) is 30.9 Å².